The summed E-state index contributed by atoms with van der Waals surface area (Å²) in [5.41, 5.74) is 0.427. The van der Waals surface area contributed by atoms with Crippen molar-refractivity contribution >= 4 is 16.1 Å². The molecule has 1 aliphatic rings. The molecule has 2 rings (SSSR count). The van der Waals surface area contributed by atoms with Crippen molar-refractivity contribution in [3.05, 3.63) is 30.1 Å². The molecule has 0 bridgehead atoms. The van der Waals surface area contributed by atoms with Crippen molar-refractivity contribution in [2.24, 2.45) is 5.14 Å². The highest BCUT2D eigenvalue weighted by Crippen LogP contribution is 2.51. The summed E-state index contributed by atoms with van der Waals surface area (Å²) in [6.07, 6.45) is 3.44. The Balaban J connectivity index is 0.000000240. The van der Waals surface area contributed by atoms with Gasteiger partial charge in [-0.25, -0.2) is 18.4 Å². The molecule has 0 aliphatic heterocycles. The van der Waals surface area contributed by atoms with E-state index in [1.165, 1.54) is 0 Å². The highest BCUT2D eigenvalue weighted by Gasteiger charge is 2.54. The molecule has 21 heavy (non-hydrogen) atoms. The monoisotopic (exact) mass is 315 g/mol. The van der Waals surface area contributed by atoms with Gasteiger partial charge in [0.15, 0.2) is 0 Å². The standard InChI is InChI=1S/C8H10N2O2S.C5H11NO2/c9-13(11,12)8(3-4-8)7-1-5-10-6-2-7;1-5(2,3)6-4(7)8/h1-2,5-6H,3-4H2,(H2,9,11,12);6H,1-3H3,(H,7,8). The zero-order valence-corrected chi connectivity index (χ0v) is 13.1. The molecule has 1 aliphatic carbocycles. The maximum atomic E-state index is 11.3. The van der Waals surface area contributed by atoms with Crippen LogP contribution in [0.2, 0.25) is 0 Å². The Morgan fingerprint density at radius 2 is 1.81 bits per heavy atom. The van der Waals surface area contributed by atoms with Crippen molar-refractivity contribution in [1.29, 1.82) is 0 Å². The molecule has 8 heteroatoms. The van der Waals surface area contributed by atoms with E-state index in [4.69, 9.17) is 10.2 Å². The van der Waals surface area contributed by atoms with Gasteiger partial charge in [0, 0.05) is 17.9 Å². The lowest BCUT2D eigenvalue weighted by Crippen LogP contribution is -2.39. The van der Waals surface area contributed by atoms with E-state index in [0.29, 0.717) is 12.8 Å². The Kier molecular flexibility index (Phi) is 4.95. The molecule has 1 amide bonds. The second-order valence-corrected chi connectivity index (χ2v) is 7.83. The minimum atomic E-state index is -3.47. The summed E-state index contributed by atoms with van der Waals surface area (Å²) < 4.78 is 21.7. The van der Waals surface area contributed by atoms with Crippen molar-refractivity contribution in [1.82, 2.24) is 10.3 Å². The van der Waals surface area contributed by atoms with Crippen molar-refractivity contribution in [3.63, 3.8) is 0 Å². The second kappa shape index (κ2) is 5.98. The molecule has 1 aromatic heterocycles. The van der Waals surface area contributed by atoms with Gasteiger partial charge in [0.05, 0.1) is 0 Å². The molecule has 4 N–H and O–H groups in total. The number of primary sulfonamides is 1. The Hall–Kier alpha value is -1.67. The molecule has 0 atom stereocenters. The number of nitrogens with one attached hydrogen (secondary N) is 1. The number of amides is 1. The number of sulfonamides is 1. The first-order valence-electron chi connectivity index (χ1n) is 6.42. The van der Waals surface area contributed by atoms with Gasteiger partial charge in [-0.05, 0) is 51.3 Å². The summed E-state index contributed by atoms with van der Waals surface area (Å²) in [7, 11) is -3.47. The normalized spacial score (nSPS) is 16.4. The Labute approximate surface area is 124 Å². The van der Waals surface area contributed by atoms with Crippen molar-refractivity contribution in [2.45, 2.75) is 43.9 Å². The topological polar surface area (TPSA) is 122 Å². The zero-order chi connectivity index (χ0) is 16.3. The van der Waals surface area contributed by atoms with Crippen LogP contribution in [0.3, 0.4) is 0 Å². The largest absolute Gasteiger partial charge is 0.465 e. The molecule has 0 aromatic carbocycles. The molecule has 1 saturated carbocycles. The lowest BCUT2D eigenvalue weighted by Gasteiger charge is -2.16. The molecular weight excluding hydrogens is 294 g/mol. The number of pyridine rings is 1. The van der Waals surface area contributed by atoms with Gasteiger partial charge in [0.1, 0.15) is 4.75 Å². The molecule has 1 fully saturated rings. The SMILES string of the molecule is CC(C)(C)NC(=O)O.NS(=O)(=O)C1(c2ccncc2)CC1. The van der Waals surface area contributed by atoms with Crippen LogP contribution in [0.4, 0.5) is 4.79 Å². The van der Waals surface area contributed by atoms with Gasteiger partial charge < -0.3 is 10.4 Å². The van der Waals surface area contributed by atoms with E-state index in [1.54, 1.807) is 45.3 Å². The maximum absolute atomic E-state index is 11.3. The lowest BCUT2D eigenvalue weighted by atomic mass is 10.1. The van der Waals surface area contributed by atoms with Crippen LogP contribution in [0.1, 0.15) is 39.2 Å². The molecule has 1 heterocycles. The van der Waals surface area contributed by atoms with E-state index >= 15 is 0 Å². The van der Waals surface area contributed by atoms with Crippen LogP contribution in [0.25, 0.3) is 0 Å². The van der Waals surface area contributed by atoms with E-state index in [-0.39, 0.29) is 5.54 Å². The van der Waals surface area contributed by atoms with Crippen molar-refractivity contribution in [3.8, 4) is 0 Å². The van der Waals surface area contributed by atoms with Crippen LogP contribution >= 0.6 is 0 Å². The number of rotatable bonds is 2. The van der Waals surface area contributed by atoms with Gasteiger partial charge >= 0.3 is 6.09 Å². The quantitative estimate of drug-likeness (QED) is 0.761. The smallest absolute Gasteiger partial charge is 0.405 e. The lowest BCUT2D eigenvalue weighted by molar-refractivity contribution is 0.184. The minimum Gasteiger partial charge on any atom is -0.465 e. The van der Waals surface area contributed by atoms with Crippen LogP contribution in [-0.2, 0) is 14.8 Å². The van der Waals surface area contributed by atoms with Crippen LogP contribution < -0.4 is 10.5 Å². The number of aromatic nitrogens is 1. The Morgan fingerprint density at radius 3 is 2.05 bits per heavy atom. The third-order valence-electron chi connectivity index (χ3n) is 2.94. The fourth-order valence-electron chi connectivity index (χ4n) is 1.83. The molecule has 1 aromatic rings. The minimum absolute atomic E-state index is 0.328. The van der Waals surface area contributed by atoms with E-state index < -0.39 is 20.9 Å². The zero-order valence-electron chi connectivity index (χ0n) is 12.3. The highest BCUT2D eigenvalue weighted by molar-refractivity contribution is 7.90. The van der Waals surface area contributed by atoms with Gasteiger partial charge in [-0.3, -0.25) is 4.98 Å². The molecule has 0 radical (unpaired) electrons. The number of carboxylic acid groups (broad SMARTS) is 1. The summed E-state index contributed by atoms with van der Waals surface area (Å²) in [5.74, 6) is 0. The molecule has 118 valence electrons. The van der Waals surface area contributed by atoms with Crippen LogP contribution in [0.5, 0.6) is 0 Å². The van der Waals surface area contributed by atoms with Crippen molar-refractivity contribution < 1.29 is 18.3 Å². The average Bonchev–Trinajstić information content (AvgIpc) is 3.07. The fourth-order valence-corrected chi connectivity index (χ4v) is 2.96. The third kappa shape index (κ3) is 4.98. The van der Waals surface area contributed by atoms with Gasteiger partial charge in [-0.1, -0.05) is 0 Å². The number of nitrogens with two attached hydrogens (primary N) is 1. The molecule has 0 spiro atoms. The first kappa shape index (κ1) is 17.4. The van der Waals surface area contributed by atoms with Gasteiger partial charge in [-0.15, -0.1) is 0 Å². The Morgan fingerprint density at radius 1 is 1.33 bits per heavy atom. The van der Waals surface area contributed by atoms with Gasteiger partial charge in [0.25, 0.3) is 0 Å². The first-order valence-corrected chi connectivity index (χ1v) is 7.96. The van der Waals surface area contributed by atoms with E-state index in [2.05, 4.69) is 10.3 Å². The molecular formula is C13H21N3O4S. The highest BCUT2D eigenvalue weighted by atomic mass is 32.2. The first-order chi connectivity index (χ1) is 9.48. The van der Waals surface area contributed by atoms with Crippen molar-refractivity contribution in [2.75, 3.05) is 0 Å². The fraction of sp³-hybridized carbons (Fsp3) is 0.538. The predicted molar refractivity (Wildman–Crippen MR) is 79.2 cm³/mol. The number of nitrogens with zero attached hydrogens (tertiary/aromatic N) is 1. The Bertz CT molecular complexity index is 590. The molecule has 0 unspecified atom stereocenters. The summed E-state index contributed by atoms with van der Waals surface area (Å²) in [6, 6.07) is 3.41. The summed E-state index contributed by atoms with van der Waals surface area (Å²) in [4.78, 5) is 13.7. The number of carbonyl (C=O) groups is 1. The van der Waals surface area contributed by atoms with Gasteiger partial charge in [-0.2, -0.15) is 0 Å². The average molecular weight is 315 g/mol. The third-order valence-corrected chi connectivity index (χ3v) is 4.67. The van der Waals surface area contributed by atoms with E-state index in [1.807, 2.05) is 0 Å². The van der Waals surface area contributed by atoms with Crippen LogP contribution in [0, 0.1) is 0 Å². The second-order valence-electron chi connectivity index (χ2n) is 5.96. The number of hydrogen-bond donors (Lipinski definition) is 3. The summed E-state index contributed by atoms with van der Waals surface area (Å²) >= 11 is 0. The molecule has 7 nitrogen and oxygen atoms in total. The summed E-state index contributed by atoms with van der Waals surface area (Å²) in [6.45, 7) is 5.38. The maximum Gasteiger partial charge on any atom is 0.405 e. The predicted octanol–water partition coefficient (Wildman–Crippen LogP) is 1.41. The van der Waals surface area contributed by atoms with Crippen LogP contribution in [0.15, 0.2) is 24.5 Å². The summed E-state index contributed by atoms with van der Waals surface area (Å²) in [5, 5.41) is 15.6. The molecule has 0 saturated heterocycles. The van der Waals surface area contributed by atoms with Gasteiger partial charge in [0.2, 0.25) is 10.0 Å². The van der Waals surface area contributed by atoms with E-state index in [9.17, 15) is 13.2 Å². The van der Waals surface area contributed by atoms with Crippen LogP contribution in [-0.4, -0.2) is 30.1 Å². The van der Waals surface area contributed by atoms with E-state index in [0.717, 1.165) is 5.56 Å². The number of hydrogen-bond acceptors (Lipinski definition) is 4.